The Kier molecular flexibility index (Phi) is 7.09. The van der Waals surface area contributed by atoms with Gasteiger partial charge in [-0.15, -0.1) is 0 Å². The summed E-state index contributed by atoms with van der Waals surface area (Å²) in [5.41, 5.74) is 0. The molecule has 1 heterocycles. The molecule has 1 saturated heterocycles. The second-order valence-corrected chi connectivity index (χ2v) is 5.36. The van der Waals surface area contributed by atoms with E-state index in [-0.39, 0.29) is 6.03 Å². The Morgan fingerprint density at radius 1 is 1.28 bits per heavy atom. The van der Waals surface area contributed by atoms with Gasteiger partial charge in [0.25, 0.3) is 0 Å². The summed E-state index contributed by atoms with van der Waals surface area (Å²) in [6.45, 7) is 10.2. The van der Waals surface area contributed by atoms with E-state index in [1.54, 1.807) is 0 Å². The first-order valence-electron chi connectivity index (χ1n) is 7.45. The molecule has 0 aliphatic carbocycles. The number of carbonyl (C=O) groups is 1. The Balaban J connectivity index is 2.28. The van der Waals surface area contributed by atoms with Crippen molar-refractivity contribution in [3.63, 3.8) is 0 Å². The maximum atomic E-state index is 11.9. The molecule has 18 heavy (non-hydrogen) atoms. The van der Waals surface area contributed by atoms with Crippen LogP contribution in [0.5, 0.6) is 0 Å². The van der Waals surface area contributed by atoms with Gasteiger partial charge in [0.1, 0.15) is 0 Å². The van der Waals surface area contributed by atoms with Crippen molar-refractivity contribution in [1.29, 1.82) is 0 Å². The zero-order chi connectivity index (χ0) is 13.4. The summed E-state index contributed by atoms with van der Waals surface area (Å²) < 4.78 is 0. The molecule has 0 radical (unpaired) electrons. The third-order valence-electron chi connectivity index (χ3n) is 3.66. The van der Waals surface area contributed by atoms with Gasteiger partial charge in [-0.25, -0.2) is 4.79 Å². The molecule has 2 amide bonds. The fourth-order valence-electron chi connectivity index (χ4n) is 2.45. The number of unbranched alkanes of at least 4 members (excludes halogenated alkanes) is 1. The number of hydrogen-bond acceptors (Lipinski definition) is 2. The first kappa shape index (κ1) is 15.3. The third-order valence-corrected chi connectivity index (χ3v) is 3.66. The Morgan fingerprint density at radius 3 is 2.67 bits per heavy atom. The molecule has 1 fully saturated rings. The summed E-state index contributed by atoms with van der Waals surface area (Å²) in [4.78, 5) is 13.9. The molecule has 1 aliphatic heterocycles. The Morgan fingerprint density at radius 2 is 2.06 bits per heavy atom. The number of nitrogens with one attached hydrogen (secondary N) is 2. The standard InChI is InChI=1S/C14H29N3O/c1-4-6-9-16-14(18)17-10-7-13(12(3)11-17)15-8-5-2/h12-13,15H,4-11H2,1-3H3,(H,16,18). The van der Waals surface area contributed by atoms with Gasteiger partial charge in [-0.05, 0) is 31.7 Å². The molecular formula is C14H29N3O. The van der Waals surface area contributed by atoms with Crippen molar-refractivity contribution in [2.75, 3.05) is 26.2 Å². The van der Waals surface area contributed by atoms with Crippen molar-refractivity contribution in [3.8, 4) is 0 Å². The molecule has 1 rings (SSSR count). The van der Waals surface area contributed by atoms with Crippen LogP contribution in [0.2, 0.25) is 0 Å². The van der Waals surface area contributed by atoms with Crippen LogP contribution < -0.4 is 10.6 Å². The van der Waals surface area contributed by atoms with Crippen molar-refractivity contribution in [3.05, 3.63) is 0 Å². The molecule has 4 nitrogen and oxygen atoms in total. The number of urea groups is 1. The molecule has 0 aromatic carbocycles. The minimum atomic E-state index is 0.115. The number of nitrogens with zero attached hydrogens (tertiary/aromatic N) is 1. The highest BCUT2D eigenvalue weighted by atomic mass is 16.2. The zero-order valence-corrected chi connectivity index (χ0v) is 12.2. The zero-order valence-electron chi connectivity index (χ0n) is 12.2. The third kappa shape index (κ3) is 4.84. The fraction of sp³-hybridized carbons (Fsp3) is 0.929. The van der Waals surface area contributed by atoms with Gasteiger partial charge in [-0.2, -0.15) is 0 Å². The van der Waals surface area contributed by atoms with Gasteiger partial charge in [-0.1, -0.05) is 27.2 Å². The molecule has 106 valence electrons. The lowest BCUT2D eigenvalue weighted by Gasteiger charge is -2.37. The van der Waals surface area contributed by atoms with Gasteiger partial charge >= 0.3 is 6.03 Å². The van der Waals surface area contributed by atoms with Crippen molar-refractivity contribution in [1.82, 2.24) is 15.5 Å². The fourth-order valence-corrected chi connectivity index (χ4v) is 2.45. The molecule has 0 aromatic heterocycles. The molecule has 2 unspecified atom stereocenters. The largest absolute Gasteiger partial charge is 0.338 e. The Bertz CT molecular complexity index is 245. The van der Waals surface area contributed by atoms with E-state index in [9.17, 15) is 4.79 Å². The molecule has 0 saturated carbocycles. The molecular weight excluding hydrogens is 226 g/mol. The smallest absolute Gasteiger partial charge is 0.317 e. The van der Waals surface area contributed by atoms with E-state index in [0.29, 0.717) is 12.0 Å². The summed E-state index contributed by atoms with van der Waals surface area (Å²) in [5.74, 6) is 0.544. The first-order valence-corrected chi connectivity index (χ1v) is 7.45. The normalized spacial score (nSPS) is 24.1. The highest BCUT2D eigenvalue weighted by molar-refractivity contribution is 5.74. The molecule has 2 atom stereocenters. The summed E-state index contributed by atoms with van der Waals surface area (Å²) >= 11 is 0. The quantitative estimate of drug-likeness (QED) is 0.715. The number of amides is 2. The average Bonchev–Trinajstić information content (AvgIpc) is 2.37. The lowest BCUT2D eigenvalue weighted by atomic mass is 9.94. The van der Waals surface area contributed by atoms with Gasteiger partial charge in [0.2, 0.25) is 0 Å². The van der Waals surface area contributed by atoms with E-state index in [1.165, 1.54) is 6.42 Å². The number of hydrogen-bond donors (Lipinski definition) is 2. The average molecular weight is 255 g/mol. The number of likely N-dealkylation sites (tertiary alicyclic amines) is 1. The summed E-state index contributed by atoms with van der Waals surface area (Å²) in [6, 6.07) is 0.689. The van der Waals surface area contributed by atoms with Crippen molar-refractivity contribution in [2.45, 2.75) is 52.5 Å². The van der Waals surface area contributed by atoms with Crippen LogP contribution in [0.25, 0.3) is 0 Å². The molecule has 2 N–H and O–H groups in total. The number of carbonyl (C=O) groups excluding carboxylic acids is 1. The van der Waals surface area contributed by atoms with Gasteiger partial charge in [0, 0.05) is 25.7 Å². The molecule has 1 aliphatic rings. The number of piperidine rings is 1. The SMILES string of the molecule is CCCCNC(=O)N1CCC(NCCC)C(C)C1. The first-order chi connectivity index (χ1) is 8.69. The van der Waals surface area contributed by atoms with Crippen LogP contribution >= 0.6 is 0 Å². The lowest BCUT2D eigenvalue weighted by molar-refractivity contribution is 0.150. The van der Waals surface area contributed by atoms with Gasteiger partial charge in [-0.3, -0.25) is 0 Å². The highest BCUT2D eigenvalue weighted by Crippen LogP contribution is 2.16. The van der Waals surface area contributed by atoms with E-state index >= 15 is 0 Å². The van der Waals surface area contributed by atoms with E-state index in [2.05, 4.69) is 31.4 Å². The van der Waals surface area contributed by atoms with Crippen LogP contribution in [0.1, 0.15) is 46.5 Å². The summed E-state index contributed by atoms with van der Waals surface area (Å²) in [7, 11) is 0. The topological polar surface area (TPSA) is 44.4 Å². The van der Waals surface area contributed by atoms with E-state index in [1.807, 2.05) is 4.90 Å². The van der Waals surface area contributed by atoms with Crippen molar-refractivity contribution >= 4 is 6.03 Å². The Labute approximate surface area is 111 Å². The van der Waals surface area contributed by atoms with E-state index < -0.39 is 0 Å². The van der Waals surface area contributed by atoms with Gasteiger partial charge in [0.15, 0.2) is 0 Å². The summed E-state index contributed by atoms with van der Waals surface area (Å²) in [6.07, 6.45) is 4.43. The molecule has 4 heteroatoms. The second kappa shape index (κ2) is 8.35. The predicted molar refractivity (Wildman–Crippen MR) is 75.7 cm³/mol. The highest BCUT2D eigenvalue weighted by Gasteiger charge is 2.27. The maximum absolute atomic E-state index is 11.9. The van der Waals surface area contributed by atoms with Crippen LogP contribution in [-0.4, -0.2) is 43.2 Å². The minimum Gasteiger partial charge on any atom is -0.338 e. The van der Waals surface area contributed by atoms with Gasteiger partial charge < -0.3 is 15.5 Å². The minimum absolute atomic E-state index is 0.115. The van der Waals surface area contributed by atoms with Crippen LogP contribution in [0.3, 0.4) is 0 Å². The van der Waals surface area contributed by atoms with Crippen molar-refractivity contribution < 1.29 is 4.79 Å². The van der Waals surface area contributed by atoms with E-state index in [0.717, 1.165) is 45.4 Å². The predicted octanol–water partition coefficient (Wildman–Crippen LogP) is 2.21. The Hall–Kier alpha value is -0.770. The maximum Gasteiger partial charge on any atom is 0.317 e. The van der Waals surface area contributed by atoms with Crippen LogP contribution in [0.15, 0.2) is 0 Å². The second-order valence-electron chi connectivity index (χ2n) is 5.36. The number of rotatable bonds is 6. The lowest BCUT2D eigenvalue weighted by Crippen LogP contribution is -2.52. The molecule has 0 spiro atoms. The van der Waals surface area contributed by atoms with Gasteiger partial charge in [0.05, 0.1) is 0 Å². The van der Waals surface area contributed by atoms with Crippen LogP contribution in [0, 0.1) is 5.92 Å². The molecule has 0 aromatic rings. The van der Waals surface area contributed by atoms with E-state index in [4.69, 9.17) is 0 Å². The monoisotopic (exact) mass is 255 g/mol. The molecule has 0 bridgehead atoms. The van der Waals surface area contributed by atoms with Crippen molar-refractivity contribution in [2.24, 2.45) is 5.92 Å². The summed E-state index contributed by atoms with van der Waals surface area (Å²) in [5, 5.41) is 6.57. The van der Waals surface area contributed by atoms with Crippen LogP contribution in [-0.2, 0) is 0 Å². The van der Waals surface area contributed by atoms with Crippen LogP contribution in [0.4, 0.5) is 4.79 Å².